The van der Waals surface area contributed by atoms with Crippen LogP contribution in [0, 0.1) is 40.4 Å². The van der Waals surface area contributed by atoms with Gasteiger partial charge in [-0.3, -0.25) is 0 Å². The Bertz CT molecular complexity index is 1310. The summed E-state index contributed by atoms with van der Waals surface area (Å²) in [5.41, 5.74) is 9.30. The fourth-order valence-corrected chi connectivity index (χ4v) is 4.10. The quantitative estimate of drug-likeness (QED) is 0.305. The van der Waals surface area contributed by atoms with Gasteiger partial charge in [-0.25, -0.2) is 18.2 Å². The Morgan fingerprint density at radius 3 is 2.29 bits per heavy atom. The van der Waals surface area contributed by atoms with Crippen LogP contribution >= 0.6 is 0 Å². The summed E-state index contributed by atoms with van der Waals surface area (Å²) in [6.45, 7) is -0.569. The highest BCUT2D eigenvalue weighted by atomic mass is 19.2. The van der Waals surface area contributed by atoms with Crippen molar-refractivity contribution in [3.8, 4) is 28.7 Å². The molecule has 1 aromatic heterocycles. The molecule has 0 radical (unpaired) electrons. The van der Waals surface area contributed by atoms with E-state index in [0.717, 1.165) is 24.1 Å². The zero-order valence-electron chi connectivity index (χ0n) is 17.9. The van der Waals surface area contributed by atoms with Gasteiger partial charge in [0, 0.05) is 16.8 Å². The van der Waals surface area contributed by atoms with Crippen LogP contribution in [0.4, 0.5) is 27.8 Å². The lowest BCUT2D eigenvalue weighted by Gasteiger charge is -2.22. The van der Waals surface area contributed by atoms with Crippen molar-refractivity contribution in [3.05, 3.63) is 69.7 Å². The van der Waals surface area contributed by atoms with E-state index >= 15 is 0 Å². The largest absolute Gasteiger partial charge is 0.496 e. The van der Waals surface area contributed by atoms with Gasteiger partial charge < -0.3 is 15.2 Å². The lowest BCUT2D eigenvalue weighted by Crippen LogP contribution is -2.12. The number of aromatic nitrogens is 1. The number of rotatable bonds is 5. The van der Waals surface area contributed by atoms with Gasteiger partial charge >= 0.3 is 0 Å². The zero-order chi connectivity index (χ0) is 24.6. The average molecular weight is 475 g/mol. The molecule has 2 N–H and O–H groups in total. The number of nitriles is 1. The summed E-state index contributed by atoms with van der Waals surface area (Å²) < 4.78 is 78.7. The number of benzene rings is 2. The van der Waals surface area contributed by atoms with Crippen molar-refractivity contribution in [1.29, 1.82) is 5.26 Å². The molecular weight excluding hydrogens is 457 g/mol. The maximum atomic E-state index is 14.0. The van der Waals surface area contributed by atoms with E-state index < -0.39 is 41.4 Å². The Hall–Kier alpha value is -3.87. The Morgan fingerprint density at radius 1 is 1.00 bits per heavy atom. The van der Waals surface area contributed by atoms with E-state index in [1.165, 1.54) is 7.11 Å². The van der Waals surface area contributed by atoms with Crippen LogP contribution in [-0.2, 0) is 19.4 Å². The number of nitrogens with two attached hydrogens (primary N) is 1. The first-order valence-electron chi connectivity index (χ1n) is 10.3. The van der Waals surface area contributed by atoms with Crippen LogP contribution in [0.2, 0.25) is 0 Å². The number of hydrogen-bond acceptors (Lipinski definition) is 5. The summed E-state index contributed by atoms with van der Waals surface area (Å²) in [6, 6.07) is 6.89. The van der Waals surface area contributed by atoms with Gasteiger partial charge in [0.05, 0.1) is 7.11 Å². The topological polar surface area (TPSA) is 81.2 Å². The fraction of sp³-hybridized carbons (Fsp3) is 0.250. The van der Waals surface area contributed by atoms with Gasteiger partial charge in [-0.2, -0.15) is 14.0 Å². The molecule has 0 bridgehead atoms. The number of nitrogens with zero attached hydrogens (tertiary/aromatic N) is 2. The highest BCUT2D eigenvalue weighted by Crippen LogP contribution is 2.38. The molecule has 2 aromatic carbocycles. The Morgan fingerprint density at radius 2 is 1.65 bits per heavy atom. The second kappa shape index (κ2) is 9.17. The monoisotopic (exact) mass is 475 g/mol. The van der Waals surface area contributed by atoms with E-state index in [1.54, 1.807) is 18.2 Å². The molecule has 0 fully saturated rings. The molecule has 3 aromatic rings. The Balaban J connectivity index is 1.79. The molecule has 1 heterocycles. The highest BCUT2D eigenvalue weighted by molar-refractivity contribution is 5.80. The van der Waals surface area contributed by atoms with Gasteiger partial charge in [0.1, 0.15) is 29.8 Å². The normalized spacial score (nSPS) is 12.7. The summed E-state index contributed by atoms with van der Waals surface area (Å²) >= 11 is 0. The molecule has 176 valence electrons. The number of hydrogen-bond donors (Lipinski definition) is 1. The SMILES string of the molecule is COc1ccc(-c2c(C#N)c(N)nc3c2CCCC3)cc1COc1c(F)c(F)c(F)c(F)c1F. The number of anilines is 1. The van der Waals surface area contributed by atoms with Crippen LogP contribution in [0.3, 0.4) is 0 Å². The van der Waals surface area contributed by atoms with E-state index in [0.29, 0.717) is 24.0 Å². The number of fused-ring (bicyclic) bond motifs is 1. The van der Waals surface area contributed by atoms with E-state index in [2.05, 4.69) is 11.1 Å². The molecule has 4 rings (SSSR count). The minimum Gasteiger partial charge on any atom is -0.496 e. The molecule has 5 nitrogen and oxygen atoms in total. The molecule has 0 saturated carbocycles. The second-order valence-electron chi connectivity index (χ2n) is 7.71. The van der Waals surface area contributed by atoms with Gasteiger partial charge in [0.2, 0.25) is 29.1 Å². The predicted octanol–water partition coefficient (Wildman–Crippen LogP) is 5.36. The summed E-state index contributed by atoms with van der Waals surface area (Å²) in [6.07, 6.45) is 3.25. The summed E-state index contributed by atoms with van der Waals surface area (Å²) in [5, 5.41) is 9.72. The Kier molecular flexibility index (Phi) is 6.28. The molecule has 0 unspecified atom stereocenters. The highest BCUT2D eigenvalue weighted by Gasteiger charge is 2.28. The van der Waals surface area contributed by atoms with E-state index in [1.807, 2.05) is 0 Å². The summed E-state index contributed by atoms with van der Waals surface area (Å²) in [5.74, 6) is -11.7. The van der Waals surface area contributed by atoms with Crippen molar-refractivity contribution in [2.75, 3.05) is 12.8 Å². The van der Waals surface area contributed by atoms with Gasteiger partial charge in [-0.15, -0.1) is 0 Å². The first kappa shape index (κ1) is 23.3. The van der Waals surface area contributed by atoms with E-state index in [9.17, 15) is 27.2 Å². The fourth-order valence-electron chi connectivity index (χ4n) is 4.10. The molecule has 1 aliphatic carbocycles. The van der Waals surface area contributed by atoms with Crippen LogP contribution in [0.5, 0.6) is 11.5 Å². The first-order valence-corrected chi connectivity index (χ1v) is 10.3. The van der Waals surface area contributed by atoms with E-state index in [4.69, 9.17) is 15.2 Å². The second-order valence-corrected chi connectivity index (χ2v) is 7.71. The zero-order valence-corrected chi connectivity index (χ0v) is 17.9. The smallest absolute Gasteiger partial charge is 0.207 e. The molecule has 0 spiro atoms. The van der Waals surface area contributed by atoms with Gasteiger partial charge in [-0.1, -0.05) is 6.07 Å². The third-order valence-electron chi connectivity index (χ3n) is 5.72. The van der Waals surface area contributed by atoms with Crippen LogP contribution in [0.15, 0.2) is 18.2 Å². The predicted molar refractivity (Wildman–Crippen MR) is 113 cm³/mol. The van der Waals surface area contributed by atoms with Crippen LogP contribution in [0.1, 0.15) is 35.2 Å². The van der Waals surface area contributed by atoms with Crippen molar-refractivity contribution in [2.24, 2.45) is 0 Å². The van der Waals surface area contributed by atoms with E-state index in [-0.39, 0.29) is 22.7 Å². The average Bonchev–Trinajstić information content (AvgIpc) is 2.85. The third kappa shape index (κ3) is 3.87. The first-order chi connectivity index (χ1) is 16.3. The lowest BCUT2D eigenvalue weighted by molar-refractivity contribution is 0.249. The molecule has 1 aliphatic rings. The van der Waals surface area contributed by atoms with Gasteiger partial charge in [-0.05, 0) is 48.9 Å². The van der Waals surface area contributed by atoms with Gasteiger partial charge in [0.15, 0.2) is 5.75 Å². The number of ether oxygens (including phenoxy) is 2. The van der Waals surface area contributed by atoms with Crippen molar-refractivity contribution in [3.63, 3.8) is 0 Å². The van der Waals surface area contributed by atoms with Crippen molar-refractivity contribution in [2.45, 2.75) is 32.3 Å². The number of halogens is 5. The maximum Gasteiger partial charge on any atom is 0.207 e. The molecule has 0 saturated heterocycles. The summed E-state index contributed by atoms with van der Waals surface area (Å²) in [7, 11) is 1.35. The number of aryl methyl sites for hydroxylation is 1. The van der Waals surface area contributed by atoms with Crippen LogP contribution < -0.4 is 15.2 Å². The molecule has 0 amide bonds. The van der Waals surface area contributed by atoms with Crippen molar-refractivity contribution < 1.29 is 31.4 Å². The molecule has 0 atom stereocenters. The number of nitrogen functional groups attached to an aromatic ring is 1. The molecule has 10 heteroatoms. The summed E-state index contributed by atoms with van der Waals surface area (Å²) in [4.78, 5) is 4.37. The maximum absolute atomic E-state index is 14.0. The molecular formula is C24H18F5N3O2. The third-order valence-corrected chi connectivity index (χ3v) is 5.72. The van der Waals surface area contributed by atoms with Crippen molar-refractivity contribution >= 4 is 5.82 Å². The minimum absolute atomic E-state index is 0.0909. The Labute approximate surface area is 191 Å². The van der Waals surface area contributed by atoms with Crippen LogP contribution in [-0.4, -0.2) is 12.1 Å². The molecule has 0 aliphatic heterocycles. The standard InChI is InChI=1S/C24H18F5N3O2/c1-33-16-7-6-11(17-13-4-2-3-5-15(13)32-24(31)14(17)9-30)8-12(16)10-34-23-21(28)19(26)18(25)20(27)22(23)29/h6-8H,2-5,10H2,1H3,(H2,31,32). The van der Waals surface area contributed by atoms with Crippen LogP contribution in [0.25, 0.3) is 11.1 Å². The number of methoxy groups -OCH3 is 1. The van der Waals surface area contributed by atoms with Gasteiger partial charge in [0.25, 0.3) is 0 Å². The number of pyridine rings is 1. The minimum atomic E-state index is -2.27. The molecule has 34 heavy (non-hydrogen) atoms. The lowest BCUT2D eigenvalue weighted by atomic mass is 9.86. The van der Waals surface area contributed by atoms with Crippen molar-refractivity contribution in [1.82, 2.24) is 4.98 Å².